The Balaban J connectivity index is 0. The van der Waals surface area contributed by atoms with E-state index in [0.717, 1.165) is 0 Å². The van der Waals surface area contributed by atoms with E-state index in [9.17, 15) is 0 Å². The Morgan fingerprint density at radius 2 is 1.40 bits per heavy atom. The maximum Gasteiger partial charge on any atom is 2.00 e. The van der Waals surface area contributed by atoms with Crippen LogP contribution in [-0.2, 0) is 30.8 Å². The van der Waals surface area contributed by atoms with Gasteiger partial charge in [-0.1, -0.05) is 0 Å². The summed E-state index contributed by atoms with van der Waals surface area (Å²) in [6.07, 6.45) is 0. The molecule has 0 aromatic rings. The Bertz CT molecular complexity index is 29.9. The number of hydrogen-bond acceptors (Lipinski definition) is 3. The zero-order valence-electron chi connectivity index (χ0n) is 1.99. The standard InChI is InChI=1S/H2O3S.Ru/c1-4(2)3;/h(H2,1,2,3);/q;+2/p-2. The van der Waals surface area contributed by atoms with Crippen LogP contribution in [0.25, 0.3) is 0 Å². The molecule has 0 saturated carbocycles. The molecule has 0 aromatic carbocycles. The molecule has 0 aromatic heterocycles. The first-order chi connectivity index (χ1) is 1.73. The quantitative estimate of drug-likeness (QED) is 0.355. The fraction of sp³-hybridized carbons (Fsp3) is 0. The van der Waals surface area contributed by atoms with Crippen molar-refractivity contribution in [1.29, 1.82) is 0 Å². The first-order valence-corrected chi connectivity index (χ1v) is 1.50. The largest absolute Gasteiger partial charge is 2.00 e. The molecule has 0 spiro atoms. The third-order valence-electron chi connectivity index (χ3n) is 0. The summed E-state index contributed by atoms with van der Waals surface area (Å²) < 4.78 is 25.3. The molecule has 0 N–H and O–H groups in total. The van der Waals surface area contributed by atoms with Crippen LogP contribution in [0.1, 0.15) is 0 Å². The van der Waals surface area contributed by atoms with Crippen molar-refractivity contribution >= 4 is 11.4 Å². The van der Waals surface area contributed by atoms with Crippen molar-refractivity contribution in [3.05, 3.63) is 0 Å². The first-order valence-electron chi connectivity index (χ1n) is 0.500. The van der Waals surface area contributed by atoms with Gasteiger partial charge in [-0.2, -0.15) is 0 Å². The molecule has 5 heteroatoms. The van der Waals surface area contributed by atoms with Crippen molar-refractivity contribution in [3.8, 4) is 0 Å². The topological polar surface area (TPSA) is 63.2 Å². The van der Waals surface area contributed by atoms with Gasteiger partial charge >= 0.3 is 19.5 Å². The van der Waals surface area contributed by atoms with Crippen LogP contribution < -0.4 is 0 Å². The fourth-order valence-electron chi connectivity index (χ4n) is 0. The van der Waals surface area contributed by atoms with E-state index in [1.54, 1.807) is 0 Å². The molecule has 0 heterocycles. The van der Waals surface area contributed by atoms with Gasteiger partial charge in [0.2, 0.25) is 0 Å². The zero-order valence-corrected chi connectivity index (χ0v) is 4.54. The van der Waals surface area contributed by atoms with Crippen molar-refractivity contribution < 1.29 is 32.8 Å². The van der Waals surface area contributed by atoms with Crippen LogP contribution in [0.5, 0.6) is 0 Å². The van der Waals surface area contributed by atoms with Crippen LogP contribution in [0.15, 0.2) is 0 Å². The molecule has 0 amide bonds. The molecule has 0 aliphatic carbocycles. The van der Waals surface area contributed by atoms with Crippen molar-refractivity contribution in [3.63, 3.8) is 0 Å². The minimum atomic E-state index is -3.11. The number of rotatable bonds is 0. The SMILES string of the molecule is O=S([O-])[O-].[Ru+2]. The number of hydrogen-bond donors (Lipinski definition) is 0. The van der Waals surface area contributed by atoms with E-state index in [1.165, 1.54) is 0 Å². The molecule has 0 aliphatic rings. The third kappa shape index (κ3) is 70.8. The second-order valence-corrected chi connectivity index (χ2v) is 0.612. The Hall–Kier alpha value is 0.693. The van der Waals surface area contributed by atoms with E-state index in [0.29, 0.717) is 0 Å². The van der Waals surface area contributed by atoms with Crippen LogP contribution in [0.4, 0.5) is 0 Å². The minimum absolute atomic E-state index is 0. The summed E-state index contributed by atoms with van der Waals surface area (Å²) in [5.74, 6) is 0. The van der Waals surface area contributed by atoms with Crippen LogP contribution in [0.2, 0.25) is 0 Å². The van der Waals surface area contributed by atoms with Crippen molar-refractivity contribution in [1.82, 2.24) is 0 Å². The second kappa shape index (κ2) is 4.69. The molecular formula is O3RuS. The molecule has 0 atom stereocenters. The maximum absolute atomic E-state index is 8.44. The van der Waals surface area contributed by atoms with Crippen molar-refractivity contribution in [2.75, 3.05) is 0 Å². The molecule has 0 radical (unpaired) electrons. The van der Waals surface area contributed by atoms with Gasteiger partial charge in [0, 0.05) is 0 Å². The van der Waals surface area contributed by atoms with Gasteiger partial charge in [-0.15, -0.1) is 11.4 Å². The Kier molecular flexibility index (Phi) is 8.63. The molecule has 0 bridgehead atoms. The first kappa shape index (κ1) is 9.19. The average Bonchev–Trinajstić information content (AvgIpc) is 0.811. The monoisotopic (exact) mass is 182 g/mol. The van der Waals surface area contributed by atoms with Gasteiger partial charge in [-0.3, -0.25) is 4.21 Å². The summed E-state index contributed by atoms with van der Waals surface area (Å²) in [7, 11) is 0. The van der Waals surface area contributed by atoms with E-state index >= 15 is 0 Å². The van der Waals surface area contributed by atoms with Crippen LogP contribution in [0.3, 0.4) is 0 Å². The van der Waals surface area contributed by atoms with E-state index in [1.807, 2.05) is 0 Å². The summed E-state index contributed by atoms with van der Waals surface area (Å²) >= 11 is -3.11. The second-order valence-electron chi connectivity index (χ2n) is 0.204. The van der Waals surface area contributed by atoms with Crippen LogP contribution >= 0.6 is 0 Å². The van der Waals surface area contributed by atoms with E-state index < -0.39 is 11.4 Å². The Morgan fingerprint density at radius 3 is 1.40 bits per heavy atom. The smallest absolute Gasteiger partial charge is 0.784 e. The molecule has 0 fully saturated rings. The average molecular weight is 181 g/mol. The summed E-state index contributed by atoms with van der Waals surface area (Å²) in [5.41, 5.74) is 0. The van der Waals surface area contributed by atoms with Crippen molar-refractivity contribution in [2.45, 2.75) is 0 Å². The van der Waals surface area contributed by atoms with Gasteiger partial charge in [0.05, 0.1) is 0 Å². The van der Waals surface area contributed by atoms with Crippen molar-refractivity contribution in [2.24, 2.45) is 0 Å². The van der Waals surface area contributed by atoms with Crippen LogP contribution in [-0.4, -0.2) is 13.3 Å². The predicted octanol–water partition coefficient (Wildman–Crippen LogP) is -1.01. The molecule has 0 unspecified atom stereocenters. The van der Waals surface area contributed by atoms with Gasteiger partial charge in [0.15, 0.2) is 0 Å². The molecule has 5 heavy (non-hydrogen) atoms. The zero-order chi connectivity index (χ0) is 3.58. The van der Waals surface area contributed by atoms with Gasteiger partial charge in [0.25, 0.3) is 0 Å². The molecular weight excluding hydrogens is 181 g/mol. The van der Waals surface area contributed by atoms with Gasteiger partial charge in [-0.05, 0) is 0 Å². The van der Waals surface area contributed by atoms with E-state index in [2.05, 4.69) is 0 Å². The Labute approximate surface area is 44.6 Å². The molecule has 0 rings (SSSR count). The van der Waals surface area contributed by atoms with E-state index in [4.69, 9.17) is 13.3 Å². The summed E-state index contributed by atoms with van der Waals surface area (Å²) in [6.45, 7) is 0. The third-order valence-corrected chi connectivity index (χ3v) is 0. The molecule has 32 valence electrons. The Morgan fingerprint density at radius 1 is 1.40 bits per heavy atom. The molecule has 3 nitrogen and oxygen atoms in total. The fourth-order valence-corrected chi connectivity index (χ4v) is 0. The summed E-state index contributed by atoms with van der Waals surface area (Å²) in [6, 6.07) is 0. The van der Waals surface area contributed by atoms with Gasteiger partial charge < -0.3 is 9.11 Å². The van der Waals surface area contributed by atoms with Crippen LogP contribution in [0, 0.1) is 0 Å². The molecule has 0 saturated heterocycles. The maximum atomic E-state index is 8.44. The summed E-state index contributed by atoms with van der Waals surface area (Å²) in [5, 5.41) is 0. The normalized spacial score (nSPS) is 7.00. The minimum Gasteiger partial charge on any atom is -0.784 e. The van der Waals surface area contributed by atoms with E-state index in [-0.39, 0.29) is 19.5 Å². The van der Waals surface area contributed by atoms with Gasteiger partial charge in [0.1, 0.15) is 0 Å². The van der Waals surface area contributed by atoms with Gasteiger partial charge in [-0.25, -0.2) is 0 Å². The molecule has 0 aliphatic heterocycles. The predicted molar refractivity (Wildman–Crippen MR) is 9.70 cm³/mol. The summed E-state index contributed by atoms with van der Waals surface area (Å²) in [4.78, 5) is 0.